The van der Waals surface area contributed by atoms with E-state index < -0.39 is 17.9 Å². The third-order valence-corrected chi connectivity index (χ3v) is 4.70. The third-order valence-electron chi connectivity index (χ3n) is 4.37. The Bertz CT molecular complexity index is 657. The Kier molecular flexibility index (Phi) is 7.45. The van der Waals surface area contributed by atoms with Crippen molar-refractivity contribution >= 4 is 29.4 Å². The zero-order valence-corrected chi connectivity index (χ0v) is 15.9. The number of amides is 2. The molecule has 1 aliphatic rings. The summed E-state index contributed by atoms with van der Waals surface area (Å²) >= 11 is 6.02. The lowest BCUT2D eigenvalue weighted by molar-refractivity contribution is -0.154. The molecular weight excluding hydrogens is 356 g/mol. The highest BCUT2D eigenvalue weighted by atomic mass is 35.5. The van der Waals surface area contributed by atoms with Gasteiger partial charge in [-0.15, -0.1) is 0 Å². The molecule has 1 fully saturated rings. The molecule has 2 amide bonds. The summed E-state index contributed by atoms with van der Waals surface area (Å²) < 4.78 is 5.17. The molecule has 1 aliphatic heterocycles. The van der Waals surface area contributed by atoms with Crippen molar-refractivity contribution in [3.63, 3.8) is 0 Å². The average Bonchev–Trinajstić information content (AvgIpc) is 2.64. The van der Waals surface area contributed by atoms with Crippen LogP contribution in [-0.2, 0) is 14.3 Å². The first-order chi connectivity index (χ1) is 12.4. The van der Waals surface area contributed by atoms with Gasteiger partial charge in [0.15, 0.2) is 6.61 Å². The summed E-state index contributed by atoms with van der Waals surface area (Å²) in [4.78, 5) is 38.6. The topological polar surface area (TPSA) is 75.7 Å². The van der Waals surface area contributed by atoms with Gasteiger partial charge in [-0.3, -0.25) is 9.59 Å². The van der Waals surface area contributed by atoms with Crippen molar-refractivity contribution in [2.24, 2.45) is 5.92 Å². The number of piperidine rings is 1. The fourth-order valence-electron chi connectivity index (χ4n) is 2.82. The highest BCUT2D eigenvalue weighted by molar-refractivity contribution is 6.33. The van der Waals surface area contributed by atoms with E-state index in [1.165, 1.54) is 0 Å². The Labute approximate surface area is 158 Å². The molecule has 0 aliphatic carbocycles. The number of rotatable bonds is 6. The maximum absolute atomic E-state index is 12.4. The van der Waals surface area contributed by atoms with Crippen LogP contribution < -0.4 is 5.32 Å². The summed E-state index contributed by atoms with van der Waals surface area (Å²) in [7, 11) is 0. The Morgan fingerprint density at radius 2 is 1.81 bits per heavy atom. The van der Waals surface area contributed by atoms with E-state index >= 15 is 0 Å². The SMILES string of the molecule is CC(C)[C@H](NC(=O)c1ccccc1Cl)C(=O)OCC(=O)N1CCCCC1. The number of carbonyl (C=O) groups is 3. The van der Waals surface area contributed by atoms with Crippen LogP contribution in [0.2, 0.25) is 5.02 Å². The van der Waals surface area contributed by atoms with Gasteiger partial charge in [-0.05, 0) is 37.3 Å². The van der Waals surface area contributed by atoms with Crippen molar-refractivity contribution in [1.82, 2.24) is 10.2 Å². The van der Waals surface area contributed by atoms with E-state index in [9.17, 15) is 14.4 Å². The van der Waals surface area contributed by atoms with Gasteiger partial charge in [0.1, 0.15) is 6.04 Å². The molecule has 0 spiro atoms. The second-order valence-corrected chi connectivity index (χ2v) is 7.13. The summed E-state index contributed by atoms with van der Waals surface area (Å²) in [6, 6.07) is 5.75. The lowest BCUT2D eigenvalue weighted by Crippen LogP contribution is -2.46. The number of carbonyl (C=O) groups excluding carboxylic acids is 3. The highest BCUT2D eigenvalue weighted by Crippen LogP contribution is 2.16. The zero-order valence-electron chi connectivity index (χ0n) is 15.2. The molecule has 1 aromatic rings. The van der Waals surface area contributed by atoms with E-state index in [4.69, 9.17) is 16.3 Å². The number of hydrogen-bond acceptors (Lipinski definition) is 4. The van der Waals surface area contributed by atoms with Gasteiger partial charge in [0.2, 0.25) is 0 Å². The molecule has 6 nitrogen and oxygen atoms in total. The lowest BCUT2D eigenvalue weighted by Gasteiger charge is -2.27. The smallest absolute Gasteiger partial charge is 0.329 e. The van der Waals surface area contributed by atoms with E-state index in [1.54, 1.807) is 43.0 Å². The van der Waals surface area contributed by atoms with E-state index in [2.05, 4.69) is 5.32 Å². The van der Waals surface area contributed by atoms with Gasteiger partial charge in [0, 0.05) is 13.1 Å². The van der Waals surface area contributed by atoms with Crippen LogP contribution in [0.5, 0.6) is 0 Å². The predicted molar refractivity (Wildman–Crippen MR) is 98.9 cm³/mol. The first-order valence-corrected chi connectivity index (χ1v) is 9.27. The van der Waals surface area contributed by atoms with Gasteiger partial charge in [-0.25, -0.2) is 4.79 Å². The minimum absolute atomic E-state index is 0.195. The van der Waals surface area contributed by atoms with Crippen LogP contribution in [0.15, 0.2) is 24.3 Å². The quantitative estimate of drug-likeness (QED) is 0.770. The molecule has 26 heavy (non-hydrogen) atoms. The van der Waals surface area contributed by atoms with E-state index in [0.29, 0.717) is 18.1 Å². The van der Waals surface area contributed by atoms with Crippen molar-refractivity contribution < 1.29 is 19.1 Å². The number of halogens is 1. The van der Waals surface area contributed by atoms with Crippen LogP contribution in [0.1, 0.15) is 43.5 Å². The summed E-state index contributed by atoms with van der Waals surface area (Å²) in [6.45, 7) is 4.70. The van der Waals surface area contributed by atoms with Gasteiger partial charge in [-0.2, -0.15) is 0 Å². The maximum Gasteiger partial charge on any atom is 0.329 e. The third kappa shape index (κ3) is 5.46. The standard InChI is InChI=1S/C19H25ClN2O4/c1-13(2)17(21-18(24)14-8-4-5-9-15(14)20)19(25)26-12-16(23)22-10-6-3-7-11-22/h4-5,8-9,13,17H,3,6-7,10-12H2,1-2H3,(H,21,24)/t17-/m0/s1. The van der Waals surface area contributed by atoms with Crippen molar-refractivity contribution in [2.75, 3.05) is 19.7 Å². The van der Waals surface area contributed by atoms with Crippen LogP contribution >= 0.6 is 11.6 Å². The second kappa shape index (κ2) is 9.57. The molecule has 1 heterocycles. The zero-order chi connectivity index (χ0) is 19.1. The number of nitrogens with zero attached hydrogens (tertiary/aromatic N) is 1. The minimum Gasteiger partial charge on any atom is -0.454 e. The van der Waals surface area contributed by atoms with E-state index in [1.807, 2.05) is 0 Å². The van der Waals surface area contributed by atoms with Crippen molar-refractivity contribution in [2.45, 2.75) is 39.2 Å². The molecule has 142 valence electrons. The molecule has 0 aromatic heterocycles. The van der Waals surface area contributed by atoms with Crippen LogP contribution in [0.3, 0.4) is 0 Å². The van der Waals surface area contributed by atoms with E-state index in [0.717, 1.165) is 19.3 Å². The fraction of sp³-hybridized carbons (Fsp3) is 0.526. The molecule has 1 saturated heterocycles. The number of likely N-dealkylation sites (tertiary alicyclic amines) is 1. The van der Waals surface area contributed by atoms with Crippen LogP contribution in [0.4, 0.5) is 0 Å². The van der Waals surface area contributed by atoms with Gasteiger partial charge in [0.05, 0.1) is 10.6 Å². The molecule has 1 aromatic carbocycles. The van der Waals surface area contributed by atoms with Gasteiger partial charge in [-0.1, -0.05) is 37.6 Å². The number of hydrogen-bond donors (Lipinski definition) is 1. The fourth-order valence-corrected chi connectivity index (χ4v) is 3.04. The molecule has 0 saturated carbocycles. The minimum atomic E-state index is -0.854. The van der Waals surface area contributed by atoms with E-state index in [-0.39, 0.29) is 24.0 Å². The number of nitrogens with one attached hydrogen (secondary N) is 1. The Morgan fingerprint density at radius 1 is 1.15 bits per heavy atom. The average molecular weight is 381 g/mol. The Morgan fingerprint density at radius 3 is 2.42 bits per heavy atom. The summed E-state index contributed by atoms with van der Waals surface area (Å²) in [5.41, 5.74) is 0.289. The van der Waals surface area contributed by atoms with Crippen molar-refractivity contribution in [3.8, 4) is 0 Å². The van der Waals surface area contributed by atoms with Crippen LogP contribution in [-0.4, -0.2) is 48.4 Å². The van der Waals surface area contributed by atoms with Gasteiger partial charge in [0.25, 0.3) is 11.8 Å². The normalized spacial score (nSPS) is 15.5. The predicted octanol–water partition coefficient (Wildman–Crippen LogP) is 2.65. The number of benzene rings is 1. The van der Waals surface area contributed by atoms with Gasteiger partial charge < -0.3 is 15.0 Å². The van der Waals surface area contributed by atoms with Crippen LogP contribution in [0, 0.1) is 5.92 Å². The molecule has 2 rings (SSSR count). The van der Waals surface area contributed by atoms with Crippen molar-refractivity contribution in [3.05, 3.63) is 34.9 Å². The molecule has 1 N–H and O–H groups in total. The summed E-state index contributed by atoms with van der Waals surface area (Å²) in [5.74, 6) is -1.46. The number of esters is 1. The monoisotopic (exact) mass is 380 g/mol. The summed E-state index contributed by atoms with van der Waals surface area (Å²) in [5, 5.41) is 2.96. The summed E-state index contributed by atoms with van der Waals surface area (Å²) in [6.07, 6.45) is 3.07. The molecular formula is C19H25ClN2O4. The van der Waals surface area contributed by atoms with Crippen molar-refractivity contribution in [1.29, 1.82) is 0 Å². The molecule has 0 bridgehead atoms. The molecule has 7 heteroatoms. The first-order valence-electron chi connectivity index (χ1n) is 8.90. The van der Waals surface area contributed by atoms with Crippen LogP contribution in [0.25, 0.3) is 0 Å². The highest BCUT2D eigenvalue weighted by Gasteiger charge is 2.28. The second-order valence-electron chi connectivity index (χ2n) is 6.72. The Balaban J connectivity index is 1.93. The maximum atomic E-state index is 12.4. The molecule has 0 radical (unpaired) electrons. The van der Waals surface area contributed by atoms with Gasteiger partial charge >= 0.3 is 5.97 Å². The first kappa shape index (κ1) is 20.2. The number of ether oxygens (including phenoxy) is 1. The molecule has 0 unspecified atom stereocenters. The largest absolute Gasteiger partial charge is 0.454 e. The molecule has 1 atom stereocenters. The Hall–Kier alpha value is -2.08. The lowest BCUT2D eigenvalue weighted by atomic mass is 10.0.